The van der Waals surface area contributed by atoms with E-state index in [1.165, 1.54) is 0 Å². The molecule has 0 spiro atoms. The van der Waals surface area contributed by atoms with Crippen LogP contribution in [0.2, 0.25) is 0 Å². The highest BCUT2D eigenvalue weighted by Gasteiger charge is 2.20. The molecule has 0 aliphatic heterocycles. The first kappa shape index (κ1) is 26.7. The molecule has 0 radical (unpaired) electrons. The molecule has 10 rings (SSSR count). The van der Waals surface area contributed by atoms with E-state index in [1.807, 2.05) is 24.3 Å². The fourth-order valence-electron chi connectivity index (χ4n) is 7.27. The summed E-state index contributed by atoms with van der Waals surface area (Å²) in [6.45, 7) is 0. The average Bonchev–Trinajstić information content (AvgIpc) is 3.71. The number of nitrogens with zero attached hydrogens (tertiary/aromatic N) is 3. The normalized spacial score (nSPS) is 11.8. The summed E-state index contributed by atoms with van der Waals surface area (Å²) in [4.78, 5) is 10.5. The van der Waals surface area contributed by atoms with E-state index in [0.717, 1.165) is 88.2 Å². The van der Waals surface area contributed by atoms with Crippen LogP contribution in [0.4, 0.5) is 0 Å². The summed E-state index contributed by atoms with van der Waals surface area (Å²) in [5.41, 5.74) is 11.2. The third kappa shape index (κ3) is 4.03. The van der Waals surface area contributed by atoms with Gasteiger partial charge in [-0.3, -0.25) is 4.57 Å². The Morgan fingerprint density at radius 1 is 0.438 bits per heavy atom. The third-order valence-corrected chi connectivity index (χ3v) is 9.42. The standard InChI is InChI=1S/C44H27N3O/c1-2-13-28(14-3-1)41-37-19-4-7-24-38(37)45-44(46-41)47-39-25-8-5-17-33(39)35-22-11-20-31(42(35)47)29-15-10-16-30(27-29)32-21-12-23-36-34-18-6-9-26-40(34)48-43(32)36/h1-27H. The molecule has 0 amide bonds. The van der Waals surface area contributed by atoms with Gasteiger partial charge in [0.1, 0.15) is 11.2 Å². The minimum absolute atomic E-state index is 0.648. The van der Waals surface area contributed by atoms with E-state index in [2.05, 4.69) is 144 Å². The van der Waals surface area contributed by atoms with Gasteiger partial charge in [0, 0.05) is 43.6 Å². The van der Waals surface area contributed by atoms with Crippen LogP contribution in [0.3, 0.4) is 0 Å². The predicted octanol–water partition coefficient (Wildman–Crippen LogP) is 11.6. The first-order chi connectivity index (χ1) is 23.8. The van der Waals surface area contributed by atoms with Crippen molar-refractivity contribution < 1.29 is 4.42 Å². The van der Waals surface area contributed by atoms with Crippen LogP contribution in [0.5, 0.6) is 0 Å². The third-order valence-electron chi connectivity index (χ3n) is 9.42. The number of para-hydroxylation sites is 5. The second-order valence-electron chi connectivity index (χ2n) is 12.2. The lowest BCUT2D eigenvalue weighted by Gasteiger charge is -2.14. The Kier molecular flexibility index (Phi) is 5.84. The summed E-state index contributed by atoms with van der Waals surface area (Å²) in [5.74, 6) is 0.648. The Hall–Kier alpha value is -6.52. The fourth-order valence-corrected chi connectivity index (χ4v) is 7.27. The zero-order chi connectivity index (χ0) is 31.6. The van der Waals surface area contributed by atoms with Crippen LogP contribution < -0.4 is 0 Å². The second-order valence-corrected chi connectivity index (χ2v) is 12.2. The highest BCUT2D eigenvalue weighted by atomic mass is 16.3. The van der Waals surface area contributed by atoms with Gasteiger partial charge < -0.3 is 4.42 Å². The predicted molar refractivity (Wildman–Crippen MR) is 197 cm³/mol. The van der Waals surface area contributed by atoms with E-state index < -0.39 is 0 Å². The van der Waals surface area contributed by atoms with Gasteiger partial charge >= 0.3 is 0 Å². The van der Waals surface area contributed by atoms with Crippen molar-refractivity contribution in [3.05, 3.63) is 164 Å². The van der Waals surface area contributed by atoms with E-state index in [4.69, 9.17) is 14.4 Å². The molecule has 0 N–H and O–H groups in total. The first-order valence-corrected chi connectivity index (χ1v) is 16.2. The van der Waals surface area contributed by atoms with Crippen molar-refractivity contribution in [1.82, 2.24) is 14.5 Å². The molecular weight excluding hydrogens is 587 g/mol. The van der Waals surface area contributed by atoms with E-state index in [1.54, 1.807) is 0 Å². The summed E-state index contributed by atoms with van der Waals surface area (Å²) < 4.78 is 8.67. The van der Waals surface area contributed by atoms with Crippen LogP contribution in [0, 0.1) is 0 Å². The van der Waals surface area contributed by atoms with Crippen molar-refractivity contribution in [2.45, 2.75) is 0 Å². The summed E-state index contributed by atoms with van der Waals surface area (Å²) in [6.07, 6.45) is 0. The van der Waals surface area contributed by atoms with Crippen LogP contribution in [-0.4, -0.2) is 14.5 Å². The molecule has 4 nitrogen and oxygen atoms in total. The number of hydrogen-bond acceptors (Lipinski definition) is 3. The van der Waals surface area contributed by atoms with Gasteiger partial charge in [-0.05, 0) is 35.4 Å². The Morgan fingerprint density at radius 2 is 1.06 bits per heavy atom. The van der Waals surface area contributed by atoms with Crippen LogP contribution >= 0.6 is 0 Å². The van der Waals surface area contributed by atoms with Gasteiger partial charge in [-0.2, -0.15) is 0 Å². The molecule has 3 heterocycles. The van der Waals surface area contributed by atoms with Crippen molar-refractivity contribution in [3.8, 4) is 39.5 Å². The number of aromatic nitrogens is 3. The van der Waals surface area contributed by atoms with Crippen molar-refractivity contribution in [2.75, 3.05) is 0 Å². The Morgan fingerprint density at radius 3 is 1.94 bits per heavy atom. The van der Waals surface area contributed by atoms with Crippen LogP contribution in [0.25, 0.3) is 94.1 Å². The molecule has 0 atom stereocenters. The van der Waals surface area contributed by atoms with E-state index in [0.29, 0.717) is 5.95 Å². The van der Waals surface area contributed by atoms with Gasteiger partial charge in [0.25, 0.3) is 0 Å². The highest BCUT2D eigenvalue weighted by molar-refractivity contribution is 6.14. The molecule has 0 fully saturated rings. The van der Waals surface area contributed by atoms with Gasteiger partial charge in [-0.1, -0.05) is 140 Å². The van der Waals surface area contributed by atoms with Gasteiger partial charge in [0.15, 0.2) is 0 Å². The molecular formula is C44H27N3O. The lowest BCUT2D eigenvalue weighted by atomic mass is 9.96. The molecule has 48 heavy (non-hydrogen) atoms. The van der Waals surface area contributed by atoms with Crippen molar-refractivity contribution >= 4 is 54.6 Å². The largest absolute Gasteiger partial charge is 0.455 e. The van der Waals surface area contributed by atoms with Crippen LogP contribution in [0.1, 0.15) is 0 Å². The number of fused-ring (bicyclic) bond motifs is 7. The SMILES string of the molecule is c1ccc(-c2nc(-n3c4ccccc4c4cccc(-c5cccc(-c6cccc7c6oc6ccccc67)c5)c43)nc3ccccc23)cc1. The van der Waals surface area contributed by atoms with Crippen molar-refractivity contribution in [1.29, 1.82) is 0 Å². The topological polar surface area (TPSA) is 43.9 Å². The van der Waals surface area contributed by atoms with Gasteiger partial charge in [0.05, 0.1) is 22.2 Å². The highest BCUT2D eigenvalue weighted by Crippen LogP contribution is 2.41. The second kappa shape index (κ2) is 10.5. The number of hydrogen-bond donors (Lipinski definition) is 0. The lowest BCUT2D eigenvalue weighted by Crippen LogP contribution is -2.04. The smallest absolute Gasteiger partial charge is 0.235 e. The van der Waals surface area contributed by atoms with Gasteiger partial charge in [-0.25, -0.2) is 9.97 Å². The quantitative estimate of drug-likeness (QED) is 0.198. The molecule has 7 aromatic carbocycles. The molecule has 10 aromatic rings. The summed E-state index contributed by atoms with van der Waals surface area (Å²) in [5, 5.41) is 5.60. The first-order valence-electron chi connectivity index (χ1n) is 16.2. The lowest BCUT2D eigenvalue weighted by molar-refractivity contribution is 0.670. The van der Waals surface area contributed by atoms with Crippen LogP contribution in [-0.2, 0) is 0 Å². The Balaban J connectivity index is 1.24. The van der Waals surface area contributed by atoms with Crippen LogP contribution in [0.15, 0.2) is 168 Å². The minimum atomic E-state index is 0.648. The maximum absolute atomic E-state index is 6.43. The summed E-state index contributed by atoms with van der Waals surface area (Å²) in [6, 6.07) is 57.2. The van der Waals surface area contributed by atoms with E-state index >= 15 is 0 Å². The minimum Gasteiger partial charge on any atom is -0.455 e. The molecule has 0 unspecified atom stereocenters. The molecule has 0 aliphatic rings. The zero-order valence-corrected chi connectivity index (χ0v) is 25.8. The molecule has 4 heteroatoms. The molecule has 0 saturated carbocycles. The number of furan rings is 1. The molecule has 0 saturated heterocycles. The molecule has 0 aliphatic carbocycles. The van der Waals surface area contributed by atoms with E-state index in [-0.39, 0.29) is 0 Å². The number of rotatable bonds is 4. The fraction of sp³-hybridized carbons (Fsp3) is 0. The van der Waals surface area contributed by atoms with E-state index in [9.17, 15) is 0 Å². The molecule has 3 aromatic heterocycles. The average molecular weight is 614 g/mol. The van der Waals surface area contributed by atoms with Gasteiger partial charge in [-0.15, -0.1) is 0 Å². The summed E-state index contributed by atoms with van der Waals surface area (Å²) in [7, 11) is 0. The Bertz CT molecular complexity index is 2840. The monoisotopic (exact) mass is 613 g/mol. The Labute approximate surface area is 276 Å². The maximum Gasteiger partial charge on any atom is 0.235 e. The zero-order valence-electron chi connectivity index (χ0n) is 25.8. The molecule has 0 bridgehead atoms. The summed E-state index contributed by atoms with van der Waals surface area (Å²) >= 11 is 0. The van der Waals surface area contributed by atoms with Crippen molar-refractivity contribution in [3.63, 3.8) is 0 Å². The molecule has 224 valence electrons. The van der Waals surface area contributed by atoms with Gasteiger partial charge in [0.2, 0.25) is 5.95 Å². The number of benzene rings is 7. The maximum atomic E-state index is 6.43. The van der Waals surface area contributed by atoms with Crippen molar-refractivity contribution in [2.24, 2.45) is 0 Å².